The van der Waals surface area contributed by atoms with E-state index in [4.69, 9.17) is 0 Å². The fourth-order valence-corrected chi connectivity index (χ4v) is 2.57. The van der Waals surface area contributed by atoms with Gasteiger partial charge in [0.25, 0.3) is 0 Å². The van der Waals surface area contributed by atoms with Gasteiger partial charge in [0, 0.05) is 16.2 Å². The van der Waals surface area contributed by atoms with E-state index < -0.39 is 0 Å². The summed E-state index contributed by atoms with van der Waals surface area (Å²) in [6, 6.07) is 16.1. The molecule has 2 N–H and O–H groups in total. The van der Waals surface area contributed by atoms with E-state index in [1.54, 1.807) is 0 Å². The van der Waals surface area contributed by atoms with Crippen LogP contribution in [0.4, 0.5) is 10.5 Å². The second-order valence-corrected chi connectivity index (χ2v) is 6.40. The Morgan fingerprint density at radius 2 is 1.91 bits per heavy atom. The largest absolute Gasteiger partial charge is 0.335 e. The number of halogens is 1. The van der Waals surface area contributed by atoms with Crippen LogP contribution in [0.3, 0.4) is 0 Å². The van der Waals surface area contributed by atoms with Gasteiger partial charge in [0.05, 0.1) is 0 Å². The fraction of sp³-hybridized carbons (Fsp3) is 0.278. The van der Waals surface area contributed by atoms with Gasteiger partial charge in [-0.15, -0.1) is 0 Å². The average molecular weight is 361 g/mol. The maximum Gasteiger partial charge on any atom is 0.319 e. The highest BCUT2D eigenvalue weighted by Crippen LogP contribution is 2.20. The predicted molar refractivity (Wildman–Crippen MR) is 95.3 cm³/mol. The van der Waals surface area contributed by atoms with Gasteiger partial charge in [-0.25, -0.2) is 4.79 Å². The first-order valence-electron chi connectivity index (χ1n) is 7.42. The molecule has 1 atom stereocenters. The maximum atomic E-state index is 12.1. The Balaban J connectivity index is 1.82. The molecule has 0 spiro atoms. The Kier molecular flexibility index (Phi) is 6.01. The summed E-state index contributed by atoms with van der Waals surface area (Å²) in [7, 11) is 0. The van der Waals surface area contributed by atoms with Crippen LogP contribution in [0.2, 0.25) is 0 Å². The number of aryl methyl sites for hydroxylation is 2. The van der Waals surface area contributed by atoms with Gasteiger partial charge in [-0.3, -0.25) is 0 Å². The minimum Gasteiger partial charge on any atom is -0.335 e. The molecular weight excluding hydrogens is 340 g/mol. The first-order valence-corrected chi connectivity index (χ1v) is 8.21. The van der Waals surface area contributed by atoms with Crippen molar-refractivity contribution in [1.29, 1.82) is 0 Å². The molecule has 0 aliphatic carbocycles. The van der Waals surface area contributed by atoms with Crippen LogP contribution in [0.15, 0.2) is 53.0 Å². The number of urea groups is 1. The molecule has 0 saturated heterocycles. The van der Waals surface area contributed by atoms with Crippen LogP contribution < -0.4 is 10.6 Å². The number of carbonyl (C=O) groups is 1. The zero-order chi connectivity index (χ0) is 15.9. The second-order valence-electron chi connectivity index (χ2n) is 5.48. The molecule has 0 aromatic heterocycles. The average Bonchev–Trinajstić information content (AvgIpc) is 2.50. The summed E-state index contributed by atoms with van der Waals surface area (Å²) in [4.78, 5) is 12.1. The number of anilines is 1. The number of benzene rings is 2. The number of hydrogen-bond donors (Lipinski definition) is 2. The van der Waals surface area contributed by atoms with Crippen molar-refractivity contribution in [3.05, 3.63) is 64.1 Å². The number of amides is 2. The molecule has 0 heterocycles. The lowest BCUT2D eigenvalue weighted by Gasteiger charge is -2.15. The molecule has 3 nitrogen and oxygen atoms in total. The third-order valence-corrected chi connectivity index (χ3v) is 4.03. The Morgan fingerprint density at radius 3 is 2.64 bits per heavy atom. The smallest absolute Gasteiger partial charge is 0.319 e. The lowest BCUT2D eigenvalue weighted by molar-refractivity contribution is 0.248. The van der Waals surface area contributed by atoms with Crippen LogP contribution in [0.25, 0.3) is 0 Å². The van der Waals surface area contributed by atoms with E-state index in [0.717, 1.165) is 28.6 Å². The SMILES string of the molecule is Cc1ccc(Br)cc1NC(=O)NC(C)CCc1ccccc1. The highest BCUT2D eigenvalue weighted by atomic mass is 79.9. The summed E-state index contributed by atoms with van der Waals surface area (Å²) in [5, 5.41) is 5.88. The van der Waals surface area contributed by atoms with E-state index in [0.29, 0.717) is 0 Å². The summed E-state index contributed by atoms with van der Waals surface area (Å²) in [6.07, 6.45) is 1.87. The van der Waals surface area contributed by atoms with Crippen molar-refractivity contribution in [2.45, 2.75) is 32.7 Å². The van der Waals surface area contributed by atoms with Crippen LogP contribution in [-0.2, 0) is 6.42 Å². The molecule has 0 saturated carbocycles. The maximum absolute atomic E-state index is 12.1. The van der Waals surface area contributed by atoms with E-state index in [1.807, 2.05) is 50.2 Å². The molecule has 2 amide bonds. The van der Waals surface area contributed by atoms with Gasteiger partial charge in [0.1, 0.15) is 0 Å². The van der Waals surface area contributed by atoms with Crippen molar-refractivity contribution in [2.75, 3.05) is 5.32 Å². The summed E-state index contributed by atoms with van der Waals surface area (Å²) in [5.74, 6) is 0. The van der Waals surface area contributed by atoms with Crippen molar-refractivity contribution >= 4 is 27.6 Å². The zero-order valence-corrected chi connectivity index (χ0v) is 14.5. The van der Waals surface area contributed by atoms with Gasteiger partial charge < -0.3 is 10.6 Å². The Labute approximate surface area is 140 Å². The topological polar surface area (TPSA) is 41.1 Å². The number of nitrogens with one attached hydrogen (secondary N) is 2. The molecule has 22 heavy (non-hydrogen) atoms. The number of rotatable bonds is 5. The van der Waals surface area contributed by atoms with Gasteiger partial charge in [0.15, 0.2) is 0 Å². The molecule has 0 fully saturated rings. The lowest BCUT2D eigenvalue weighted by Crippen LogP contribution is -2.36. The molecule has 2 rings (SSSR count). The standard InChI is InChI=1S/C18H21BrN2O/c1-13-8-11-16(19)12-17(13)21-18(22)20-14(2)9-10-15-6-4-3-5-7-15/h3-8,11-12,14H,9-10H2,1-2H3,(H2,20,21,22). The van der Waals surface area contributed by atoms with Gasteiger partial charge in [-0.2, -0.15) is 0 Å². The number of hydrogen-bond acceptors (Lipinski definition) is 1. The Morgan fingerprint density at radius 1 is 1.18 bits per heavy atom. The highest BCUT2D eigenvalue weighted by Gasteiger charge is 2.09. The molecular formula is C18H21BrN2O. The predicted octanol–water partition coefficient (Wildman–Crippen LogP) is 4.90. The van der Waals surface area contributed by atoms with Crippen LogP contribution in [0, 0.1) is 6.92 Å². The van der Waals surface area contributed by atoms with Crippen molar-refractivity contribution in [3.8, 4) is 0 Å². The van der Waals surface area contributed by atoms with Crippen LogP contribution in [-0.4, -0.2) is 12.1 Å². The summed E-state index contributed by atoms with van der Waals surface area (Å²) in [6.45, 7) is 4.00. The highest BCUT2D eigenvalue weighted by molar-refractivity contribution is 9.10. The van der Waals surface area contributed by atoms with E-state index >= 15 is 0 Å². The van der Waals surface area contributed by atoms with Crippen molar-refractivity contribution < 1.29 is 4.79 Å². The second kappa shape index (κ2) is 7.99. The first-order chi connectivity index (χ1) is 10.5. The lowest BCUT2D eigenvalue weighted by atomic mass is 10.1. The normalized spacial score (nSPS) is 11.8. The van der Waals surface area contributed by atoms with Crippen LogP contribution in [0.1, 0.15) is 24.5 Å². The van der Waals surface area contributed by atoms with Gasteiger partial charge in [-0.1, -0.05) is 52.3 Å². The van der Waals surface area contributed by atoms with E-state index in [-0.39, 0.29) is 12.1 Å². The van der Waals surface area contributed by atoms with Crippen LogP contribution >= 0.6 is 15.9 Å². The molecule has 2 aromatic rings. The van der Waals surface area contributed by atoms with E-state index in [1.165, 1.54) is 5.56 Å². The van der Waals surface area contributed by atoms with Crippen molar-refractivity contribution in [3.63, 3.8) is 0 Å². The summed E-state index contributed by atoms with van der Waals surface area (Å²) >= 11 is 3.42. The minimum atomic E-state index is -0.165. The molecule has 0 aliphatic heterocycles. The Hall–Kier alpha value is -1.81. The van der Waals surface area contributed by atoms with E-state index in [2.05, 4.69) is 38.7 Å². The van der Waals surface area contributed by atoms with E-state index in [9.17, 15) is 4.79 Å². The van der Waals surface area contributed by atoms with Gasteiger partial charge in [0.2, 0.25) is 0 Å². The minimum absolute atomic E-state index is 0.118. The molecule has 4 heteroatoms. The zero-order valence-electron chi connectivity index (χ0n) is 12.9. The molecule has 0 radical (unpaired) electrons. The van der Waals surface area contributed by atoms with Crippen molar-refractivity contribution in [2.24, 2.45) is 0 Å². The monoisotopic (exact) mass is 360 g/mol. The molecule has 1 unspecified atom stereocenters. The third-order valence-electron chi connectivity index (χ3n) is 3.53. The summed E-state index contributed by atoms with van der Waals surface area (Å²) < 4.78 is 0.950. The fourth-order valence-electron chi connectivity index (χ4n) is 2.21. The van der Waals surface area contributed by atoms with Gasteiger partial charge in [-0.05, 0) is 49.9 Å². The quantitative estimate of drug-likeness (QED) is 0.781. The third kappa shape index (κ3) is 5.19. The Bertz CT molecular complexity index is 628. The molecule has 0 bridgehead atoms. The van der Waals surface area contributed by atoms with Crippen LogP contribution in [0.5, 0.6) is 0 Å². The molecule has 116 valence electrons. The molecule has 2 aromatic carbocycles. The van der Waals surface area contributed by atoms with Gasteiger partial charge >= 0.3 is 6.03 Å². The summed E-state index contributed by atoms with van der Waals surface area (Å²) in [5.41, 5.74) is 3.15. The number of carbonyl (C=O) groups excluding carboxylic acids is 1. The first kappa shape index (κ1) is 16.6. The molecule has 0 aliphatic rings. The van der Waals surface area contributed by atoms with Crippen molar-refractivity contribution in [1.82, 2.24) is 5.32 Å².